The highest BCUT2D eigenvalue weighted by Crippen LogP contribution is 2.00. The summed E-state index contributed by atoms with van der Waals surface area (Å²) in [5, 5.41) is 7.71. The Hall–Kier alpha value is -1.47. The quantitative estimate of drug-likeness (QED) is 0.360. The van der Waals surface area contributed by atoms with Gasteiger partial charge in [-0.2, -0.15) is 0 Å². The summed E-state index contributed by atoms with van der Waals surface area (Å²) >= 11 is 0. The fourth-order valence-electron chi connectivity index (χ4n) is 1.46. The van der Waals surface area contributed by atoms with Crippen molar-refractivity contribution in [3.63, 3.8) is 0 Å². The monoisotopic (exact) mass is 243 g/mol. The Kier molecular flexibility index (Phi) is 5.58. The molecule has 1 atom stereocenters. The lowest BCUT2D eigenvalue weighted by atomic mass is 10.2. The van der Waals surface area contributed by atoms with E-state index >= 15 is 0 Å². The Morgan fingerprint density at radius 1 is 1.47 bits per heavy atom. The molecule has 7 heteroatoms. The van der Waals surface area contributed by atoms with Crippen molar-refractivity contribution in [1.29, 1.82) is 0 Å². The minimum atomic E-state index is -0.505. The number of carbonyl (C=O) groups is 3. The first-order chi connectivity index (χ1) is 8.13. The average molecular weight is 243 g/mol. The molecule has 17 heavy (non-hydrogen) atoms. The molecule has 0 aliphatic carbocycles. The molecule has 0 radical (unpaired) electrons. The van der Waals surface area contributed by atoms with Crippen LogP contribution in [0, 0.1) is 0 Å². The first-order valence-electron chi connectivity index (χ1n) is 5.46. The number of carbonyl (C=O) groups excluding carboxylic acids is 3. The molecule has 0 aromatic heterocycles. The van der Waals surface area contributed by atoms with Crippen molar-refractivity contribution in [2.24, 2.45) is 0 Å². The number of rotatable bonds is 7. The van der Waals surface area contributed by atoms with Gasteiger partial charge in [0.25, 0.3) is 0 Å². The van der Waals surface area contributed by atoms with Crippen molar-refractivity contribution in [1.82, 2.24) is 16.0 Å². The van der Waals surface area contributed by atoms with Crippen LogP contribution in [0.5, 0.6) is 0 Å². The summed E-state index contributed by atoms with van der Waals surface area (Å²) in [7, 11) is 1.56. The predicted molar refractivity (Wildman–Crippen MR) is 59.1 cm³/mol. The Morgan fingerprint density at radius 3 is 2.82 bits per heavy atom. The second-order valence-corrected chi connectivity index (χ2v) is 3.72. The number of hydrogen-bond donors (Lipinski definition) is 3. The topological polar surface area (TPSA) is 96.5 Å². The minimum Gasteiger partial charge on any atom is -0.383 e. The first kappa shape index (κ1) is 13.6. The predicted octanol–water partition coefficient (Wildman–Crippen LogP) is -1.86. The second-order valence-electron chi connectivity index (χ2n) is 3.72. The fraction of sp³-hybridized carbons (Fsp3) is 0.700. The van der Waals surface area contributed by atoms with Crippen LogP contribution in [-0.4, -0.2) is 50.6 Å². The standard InChI is InChI=1S/C10H17N3O4/c1-17-5-4-12-8(14)2-3-11-7-6-9(15)13-10(7)16/h7,11H,2-6H2,1H3,(H,12,14)(H,13,15,16). The highest BCUT2D eigenvalue weighted by molar-refractivity contribution is 6.05. The highest BCUT2D eigenvalue weighted by Gasteiger charge is 2.29. The summed E-state index contributed by atoms with van der Waals surface area (Å²) in [6.45, 7) is 1.31. The van der Waals surface area contributed by atoms with Gasteiger partial charge >= 0.3 is 0 Å². The van der Waals surface area contributed by atoms with E-state index in [4.69, 9.17) is 4.74 Å². The maximum atomic E-state index is 11.3. The molecule has 0 aromatic carbocycles. The van der Waals surface area contributed by atoms with E-state index in [1.54, 1.807) is 7.11 Å². The van der Waals surface area contributed by atoms with Gasteiger partial charge in [0.1, 0.15) is 0 Å². The van der Waals surface area contributed by atoms with Crippen molar-refractivity contribution in [2.45, 2.75) is 18.9 Å². The van der Waals surface area contributed by atoms with Crippen LogP contribution in [0.15, 0.2) is 0 Å². The number of ether oxygens (including phenoxy) is 1. The van der Waals surface area contributed by atoms with E-state index < -0.39 is 6.04 Å². The third kappa shape index (κ3) is 4.92. The maximum Gasteiger partial charge on any atom is 0.244 e. The molecule has 1 heterocycles. The van der Waals surface area contributed by atoms with Gasteiger partial charge in [-0.1, -0.05) is 0 Å². The summed E-state index contributed by atoms with van der Waals surface area (Å²) in [4.78, 5) is 33.3. The summed E-state index contributed by atoms with van der Waals surface area (Å²) in [6.07, 6.45) is 0.409. The van der Waals surface area contributed by atoms with Gasteiger partial charge in [0.2, 0.25) is 17.7 Å². The van der Waals surface area contributed by atoms with Crippen LogP contribution in [0.1, 0.15) is 12.8 Å². The zero-order valence-electron chi connectivity index (χ0n) is 9.75. The van der Waals surface area contributed by atoms with Crippen molar-refractivity contribution < 1.29 is 19.1 Å². The van der Waals surface area contributed by atoms with Gasteiger partial charge in [-0.3, -0.25) is 19.7 Å². The van der Waals surface area contributed by atoms with Crippen molar-refractivity contribution >= 4 is 17.7 Å². The van der Waals surface area contributed by atoms with E-state index in [0.717, 1.165) is 0 Å². The fourth-order valence-corrected chi connectivity index (χ4v) is 1.46. The van der Waals surface area contributed by atoms with Crippen molar-refractivity contribution in [3.8, 4) is 0 Å². The Bertz CT molecular complexity index is 306. The normalized spacial score (nSPS) is 19.2. The molecule has 1 saturated heterocycles. The Labute approximate surface area is 99.3 Å². The largest absolute Gasteiger partial charge is 0.383 e. The molecule has 0 saturated carbocycles. The SMILES string of the molecule is COCCNC(=O)CCNC1CC(=O)NC1=O. The van der Waals surface area contributed by atoms with E-state index in [0.29, 0.717) is 19.7 Å². The van der Waals surface area contributed by atoms with E-state index in [1.807, 2.05) is 0 Å². The summed E-state index contributed by atoms with van der Waals surface area (Å²) in [5.74, 6) is -0.717. The van der Waals surface area contributed by atoms with Gasteiger partial charge < -0.3 is 15.4 Å². The number of amides is 3. The van der Waals surface area contributed by atoms with Crippen molar-refractivity contribution in [3.05, 3.63) is 0 Å². The number of imide groups is 1. The van der Waals surface area contributed by atoms with Gasteiger partial charge in [-0.05, 0) is 0 Å². The van der Waals surface area contributed by atoms with Gasteiger partial charge in [0.05, 0.1) is 19.1 Å². The molecule has 1 unspecified atom stereocenters. The summed E-state index contributed by atoms with van der Waals surface area (Å²) in [6, 6.07) is -0.505. The molecule has 3 N–H and O–H groups in total. The zero-order chi connectivity index (χ0) is 12.7. The molecular weight excluding hydrogens is 226 g/mol. The lowest BCUT2D eigenvalue weighted by Gasteiger charge is -2.08. The highest BCUT2D eigenvalue weighted by atomic mass is 16.5. The molecule has 96 valence electrons. The van der Waals surface area contributed by atoms with E-state index in [1.165, 1.54) is 0 Å². The maximum absolute atomic E-state index is 11.3. The van der Waals surface area contributed by atoms with Crippen LogP contribution in [0.4, 0.5) is 0 Å². The van der Waals surface area contributed by atoms with Gasteiger partial charge in [0, 0.05) is 26.6 Å². The molecule has 3 amide bonds. The summed E-state index contributed by atoms with van der Waals surface area (Å²) < 4.78 is 4.78. The molecular formula is C10H17N3O4. The van der Waals surface area contributed by atoms with Gasteiger partial charge in [0.15, 0.2) is 0 Å². The first-order valence-corrected chi connectivity index (χ1v) is 5.46. The lowest BCUT2D eigenvalue weighted by molar-refractivity contribution is -0.125. The van der Waals surface area contributed by atoms with Crippen LogP contribution in [0.2, 0.25) is 0 Å². The van der Waals surface area contributed by atoms with E-state index in [2.05, 4.69) is 16.0 Å². The summed E-state index contributed by atoms with van der Waals surface area (Å²) in [5.41, 5.74) is 0. The Morgan fingerprint density at radius 2 is 2.24 bits per heavy atom. The van der Waals surface area contributed by atoms with Crippen LogP contribution in [0.25, 0.3) is 0 Å². The van der Waals surface area contributed by atoms with Crippen LogP contribution in [0.3, 0.4) is 0 Å². The average Bonchev–Trinajstić information content (AvgIpc) is 2.58. The molecule has 7 nitrogen and oxygen atoms in total. The molecule has 0 spiro atoms. The number of hydrogen-bond acceptors (Lipinski definition) is 5. The smallest absolute Gasteiger partial charge is 0.244 e. The third-order valence-corrected chi connectivity index (χ3v) is 2.34. The van der Waals surface area contributed by atoms with Gasteiger partial charge in [-0.25, -0.2) is 0 Å². The molecule has 0 bridgehead atoms. The molecule has 0 aromatic rings. The van der Waals surface area contributed by atoms with Gasteiger partial charge in [-0.15, -0.1) is 0 Å². The molecule has 1 fully saturated rings. The minimum absolute atomic E-state index is 0.112. The molecule has 1 aliphatic heterocycles. The number of methoxy groups -OCH3 is 1. The zero-order valence-corrected chi connectivity index (χ0v) is 9.75. The van der Waals surface area contributed by atoms with E-state index in [9.17, 15) is 14.4 Å². The third-order valence-electron chi connectivity index (χ3n) is 2.34. The molecule has 1 aliphatic rings. The Balaban J connectivity index is 2.09. The van der Waals surface area contributed by atoms with E-state index in [-0.39, 0.29) is 30.6 Å². The second kappa shape index (κ2) is 6.97. The molecule has 1 rings (SSSR count). The van der Waals surface area contributed by atoms with Crippen LogP contribution < -0.4 is 16.0 Å². The number of nitrogens with one attached hydrogen (secondary N) is 3. The lowest BCUT2D eigenvalue weighted by Crippen LogP contribution is -2.38. The van der Waals surface area contributed by atoms with Crippen LogP contribution in [-0.2, 0) is 19.1 Å². The van der Waals surface area contributed by atoms with Crippen LogP contribution >= 0.6 is 0 Å². The van der Waals surface area contributed by atoms with Crippen molar-refractivity contribution in [2.75, 3.05) is 26.8 Å².